The Kier molecular flexibility index (Phi) is 3.61. The maximum atomic E-state index is 13.3. The molecule has 0 radical (unpaired) electrons. The van der Waals surface area contributed by atoms with Crippen LogP contribution in [0.2, 0.25) is 0 Å². The van der Waals surface area contributed by atoms with Crippen molar-refractivity contribution >= 4 is 28.3 Å². The molecular weight excluding hydrogens is 309 g/mol. The zero-order valence-electron chi connectivity index (χ0n) is 11.5. The highest BCUT2D eigenvalue weighted by Gasteiger charge is 2.20. The van der Waals surface area contributed by atoms with Gasteiger partial charge in [0.25, 0.3) is 11.7 Å². The highest BCUT2D eigenvalue weighted by atomic mass is 19.2. The normalized spacial score (nSPS) is 10.7. The van der Waals surface area contributed by atoms with E-state index in [4.69, 9.17) is 0 Å². The van der Waals surface area contributed by atoms with Crippen molar-refractivity contribution in [3.05, 3.63) is 65.6 Å². The predicted molar refractivity (Wildman–Crippen MR) is 77.6 cm³/mol. The van der Waals surface area contributed by atoms with E-state index in [0.29, 0.717) is 5.52 Å². The maximum absolute atomic E-state index is 13.3. The van der Waals surface area contributed by atoms with Crippen LogP contribution < -0.4 is 5.32 Å². The molecule has 3 rings (SSSR count). The third-order valence-corrected chi connectivity index (χ3v) is 3.27. The Morgan fingerprint density at radius 3 is 2.48 bits per heavy atom. The van der Waals surface area contributed by atoms with Crippen molar-refractivity contribution in [3.63, 3.8) is 0 Å². The first-order chi connectivity index (χ1) is 11.0. The number of amides is 1. The largest absolute Gasteiger partial charge is 0.360 e. The molecule has 0 aliphatic heterocycles. The number of ketones is 1. The number of aromatic nitrogens is 1. The van der Waals surface area contributed by atoms with Gasteiger partial charge in [-0.1, -0.05) is 0 Å². The minimum absolute atomic E-state index is 0.0143. The summed E-state index contributed by atoms with van der Waals surface area (Å²) in [5, 5.41) is 2.43. The number of carbonyl (C=O) groups excluding carboxylic acids is 2. The van der Waals surface area contributed by atoms with Crippen LogP contribution in [0.3, 0.4) is 0 Å². The second kappa shape index (κ2) is 5.60. The Hall–Kier alpha value is -3.09. The van der Waals surface area contributed by atoms with Crippen molar-refractivity contribution in [1.29, 1.82) is 0 Å². The first-order valence-corrected chi connectivity index (χ1v) is 6.53. The number of Topliss-reactive ketones (excluding diaryl/α,β-unsaturated/α-hetero) is 1. The monoisotopic (exact) mass is 318 g/mol. The molecule has 4 nitrogen and oxygen atoms in total. The standard InChI is InChI=1S/C16H9F3N2O2/c17-8-1-4-14-10(5-8)11(7-20-14)15(22)16(23)21-9-2-3-12(18)13(19)6-9/h1-7,20H,(H,21,23). The van der Waals surface area contributed by atoms with Crippen LogP contribution in [0.25, 0.3) is 10.9 Å². The SMILES string of the molecule is O=C(Nc1ccc(F)c(F)c1)C(=O)c1c[nH]c2ccc(F)cc12. The Morgan fingerprint density at radius 1 is 0.957 bits per heavy atom. The third kappa shape index (κ3) is 2.80. The third-order valence-electron chi connectivity index (χ3n) is 3.27. The number of hydrogen-bond donors (Lipinski definition) is 2. The summed E-state index contributed by atoms with van der Waals surface area (Å²) in [5.74, 6) is -4.73. The predicted octanol–water partition coefficient (Wildman–Crippen LogP) is 3.41. The van der Waals surface area contributed by atoms with Gasteiger partial charge in [0.1, 0.15) is 5.82 Å². The number of hydrogen-bond acceptors (Lipinski definition) is 2. The van der Waals surface area contributed by atoms with Crippen LogP contribution in [0.5, 0.6) is 0 Å². The Bertz CT molecular complexity index is 934. The Balaban J connectivity index is 1.87. The first kappa shape index (κ1) is 14.8. The lowest BCUT2D eigenvalue weighted by Gasteiger charge is -2.04. The van der Waals surface area contributed by atoms with Gasteiger partial charge in [0.2, 0.25) is 0 Å². The van der Waals surface area contributed by atoms with Gasteiger partial charge in [-0.2, -0.15) is 0 Å². The number of rotatable bonds is 3. The maximum Gasteiger partial charge on any atom is 0.296 e. The van der Waals surface area contributed by atoms with E-state index in [1.807, 2.05) is 0 Å². The van der Waals surface area contributed by atoms with Gasteiger partial charge in [0.15, 0.2) is 11.6 Å². The topological polar surface area (TPSA) is 62.0 Å². The molecule has 2 aromatic carbocycles. The van der Waals surface area contributed by atoms with Gasteiger partial charge in [-0.05, 0) is 30.3 Å². The first-order valence-electron chi connectivity index (χ1n) is 6.53. The quantitative estimate of drug-likeness (QED) is 0.574. The minimum Gasteiger partial charge on any atom is -0.360 e. The number of halogens is 3. The molecule has 0 aliphatic carbocycles. The lowest BCUT2D eigenvalue weighted by molar-refractivity contribution is -0.112. The highest BCUT2D eigenvalue weighted by Crippen LogP contribution is 2.20. The van der Waals surface area contributed by atoms with E-state index in [9.17, 15) is 22.8 Å². The van der Waals surface area contributed by atoms with Gasteiger partial charge in [-0.15, -0.1) is 0 Å². The summed E-state index contributed by atoms with van der Waals surface area (Å²) in [5.41, 5.74) is 0.420. The minimum atomic E-state index is -1.15. The lowest BCUT2D eigenvalue weighted by atomic mass is 10.1. The summed E-state index contributed by atoms with van der Waals surface area (Å²) in [6.07, 6.45) is 1.29. The number of fused-ring (bicyclic) bond motifs is 1. The molecule has 0 unspecified atom stereocenters. The molecule has 3 aromatic rings. The molecular formula is C16H9F3N2O2. The lowest BCUT2D eigenvalue weighted by Crippen LogP contribution is -2.22. The zero-order valence-corrected chi connectivity index (χ0v) is 11.5. The van der Waals surface area contributed by atoms with E-state index >= 15 is 0 Å². The molecule has 0 atom stereocenters. The van der Waals surface area contributed by atoms with Gasteiger partial charge in [-0.25, -0.2) is 13.2 Å². The fourth-order valence-corrected chi connectivity index (χ4v) is 2.16. The van der Waals surface area contributed by atoms with Crippen LogP contribution in [-0.2, 0) is 4.79 Å². The molecule has 2 N–H and O–H groups in total. The number of anilines is 1. The second-order valence-electron chi connectivity index (χ2n) is 4.80. The Morgan fingerprint density at radius 2 is 1.74 bits per heavy atom. The number of H-pyrrole nitrogens is 1. The van der Waals surface area contributed by atoms with E-state index in [0.717, 1.165) is 24.3 Å². The van der Waals surface area contributed by atoms with Crippen molar-refractivity contribution in [2.75, 3.05) is 5.32 Å². The van der Waals surface area contributed by atoms with E-state index in [2.05, 4.69) is 10.3 Å². The van der Waals surface area contributed by atoms with Crippen LogP contribution in [0.15, 0.2) is 42.6 Å². The average Bonchev–Trinajstić information content (AvgIpc) is 2.93. The van der Waals surface area contributed by atoms with E-state index in [1.165, 1.54) is 18.3 Å². The smallest absolute Gasteiger partial charge is 0.296 e. The average molecular weight is 318 g/mol. The molecule has 0 saturated carbocycles. The van der Waals surface area contributed by atoms with Crippen LogP contribution in [-0.4, -0.2) is 16.7 Å². The molecule has 0 bridgehead atoms. The molecule has 7 heteroatoms. The van der Waals surface area contributed by atoms with Gasteiger partial charge in [0, 0.05) is 28.9 Å². The summed E-state index contributed by atoms with van der Waals surface area (Å²) in [6.45, 7) is 0. The van der Waals surface area contributed by atoms with Crippen LogP contribution in [0.4, 0.5) is 18.9 Å². The summed E-state index contributed by atoms with van der Waals surface area (Å²) in [6, 6.07) is 6.50. The van der Waals surface area contributed by atoms with Crippen molar-refractivity contribution in [1.82, 2.24) is 4.98 Å². The summed E-state index contributed by atoms with van der Waals surface area (Å²) in [4.78, 5) is 26.9. The van der Waals surface area contributed by atoms with Crippen molar-refractivity contribution in [2.45, 2.75) is 0 Å². The fourth-order valence-electron chi connectivity index (χ4n) is 2.16. The molecule has 1 heterocycles. The highest BCUT2D eigenvalue weighted by molar-refractivity contribution is 6.48. The summed E-state index contributed by atoms with van der Waals surface area (Å²) < 4.78 is 39.2. The zero-order chi connectivity index (χ0) is 16.6. The van der Waals surface area contributed by atoms with E-state index in [-0.39, 0.29) is 16.6 Å². The van der Waals surface area contributed by atoms with E-state index < -0.39 is 29.1 Å². The van der Waals surface area contributed by atoms with Crippen molar-refractivity contribution in [3.8, 4) is 0 Å². The molecule has 1 amide bonds. The number of nitrogens with one attached hydrogen (secondary N) is 2. The van der Waals surface area contributed by atoms with Gasteiger partial charge in [0.05, 0.1) is 5.56 Å². The van der Waals surface area contributed by atoms with Crippen molar-refractivity contribution < 1.29 is 22.8 Å². The van der Waals surface area contributed by atoms with Crippen molar-refractivity contribution in [2.24, 2.45) is 0 Å². The van der Waals surface area contributed by atoms with Crippen LogP contribution in [0.1, 0.15) is 10.4 Å². The molecule has 0 saturated heterocycles. The van der Waals surface area contributed by atoms with Gasteiger partial charge >= 0.3 is 0 Å². The summed E-state index contributed by atoms with van der Waals surface area (Å²) in [7, 11) is 0. The summed E-state index contributed by atoms with van der Waals surface area (Å²) >= 11 is 0. The number of aromatic amines is 1. The molecule has 0 fully saturated rings. The Labute approximate surface area is 127 Å². The number of carbonyl (C=O) groups is 2. The van der Waals surface area contributed by atoms with E-state index in [1.54, 1.807) is 0 Å². The molecule has 23 heavy (non-hydrogen) atoms. The second-order valence-corrected chi connectivity index (χ2v) is 4.80. The molecule has 0 aliphatic rings. The van der Waals surface area contributed by atoms with Gasteiger partial charge in [-0.3, -0.25) is 9.59 Å². The molecule has 116 valence electrons. The molecule has 0 spiro atoms. The fraction of sp³-hybridized carbons (Fsp3) is 0. The molecule has 1 aromatic heterocycles. The van der Waals surface area contributed by atoms with Crippen LogP contribution in [0, 0.1) is 17.5 Å². The van der Waals surface area contributed by atoms with Gasteiger partial charge < -0.3 is 10.3 Å². The van der Waals surface area contributed by atoms with Crippen LogP contribution >= 0.6 is 0 Å². The number of benzene rings is 2.